The summed E-state index contributed by atoms with van der Waals surface area (Å²) in [5, 5.41) is 13.9. The zero-order valence-electron chi connectivity index (χ0n) is 10.9. The number of urea groups is 1. The highest BCUT2D eigenvalue weighted by atomic mass is 16.4. The maximum absolute atomic E-state index is 11.6. The van der Waals surface area contributed by atoms with Gasteiger partial charge in [0.15, 0.2) is 0 Å². The first kappa shape index (κ1) is 14.9. The van der Waals surface area contributed by atoms with Gasteiger partial charge in [-0.25, -0.2) is 4.79 Å². The highest BCUT2D eigenvalue weighted by Gasteiger charge is 2.09. The Bertz CT molecular complexity index is 409. The Labute approximate surface area is 112 Å². The van der Waals surface area contributed by atoms with E-state index in [1.54, 1.807) is 6.20 Å². The first-order valence-electron chi connectivity index (χ1n) is 6.26. The molecule has 1 unspecified atom stereocenters. The Morgan fingerprint density at radius 3 is 2.79 bits per heavy atom. The summed E-state index contributed by atoms with van der Waals surface area (Å²) < 4.78 is 0. The molecule has 1 atom stereocenters. The van der Waals surface area contributed by atoms with Crippen molar-refractivity contribution in [3.63, 3.8) is 0 Å². The van der Waals surface area contributed by atoms with E-state index >= 15 is 0 Å². The molecule has 0 fully saturated rings. The molecular weight excluding hydrogens is 246 g/mol. The number of unbranched alkanes of at least 4 members (excludes halogenated alkanes) is 1. The molecule has 19 heavy (non-hydrogen) atoms. The molecule has 0 aromatic carbocycles. The summed E-state index contributed by atoms with van der Waals surface area (Å²) in [4.78, 5) is 26.0. The molecule has 1 aromatic heterocycles. The second-order valence-corrected chi connectivity index (χ2v) is 4.23. The summed E-state index contributed by atoms with van der Waals surface area (Å²) in [5.41, 5.74) is 0.795. The van der Waals surface area contributed by atoms with Crippen molar-refractivity contribution in [3.8, 4) is 0 Å². The van der Waals surface area contributed by atoms with Crippen molar-refractivity contribution in [3.05, 3.63) is 30.1 Å². The van der Waals surface area contributed by atoms with Crippen LogP contribution < -0.4 is 10.6 Å². The lowest BCUT2D eigenvalue weighted by Crippen LogP contribution is -2.37. The van der Waals surface area contributed by atoms with E-state index < -0.39 is 5.97 Å². The van der Waals surface area contributed by atoms with Crippen molar-refractivity contribution < 1.29 is 14.7 Å². The van der Waals surface area contributed by atoms with E-state index in [1.165, 1.54) is 0 Å². The molecule has 6 nitrogen and oxygen atoms in total. The lowest BCUT2D eigenvalue weighted by Gasteiger charge is -2.13. The molecule has 0 saturated carbocycles. The Kier molecular flexibility index (Phi) is 6.35. The lowest BCUT2D eigenvalue weighted by molar-refractivity contribution is -0.137. The number of nitrogens with zero attached hydrogens (tertiary/aromatic N) is 1. The predicted molar refractivity (Wildman–Crippen MR) is 70.7 cm³/mol. The van der Waals surface area contributed by atoms with Gasteiger partial charge in [-0.15, -0.1) is 0 Å². The summed E-state index contributed by atoms with van der Waals surface area (Å²) in [5.74, 6) is -0.812. The molecule has 0 radical (unpaired) electrons. The summed E-state index contributed by atoms with van der Waals surface area (Å²) in [6, 6.07) is 5.09. The highest BCUT2D eigenvalue weighted by molar-refractivity contribution is 5.74. The summed E-state index contributed by atoms with van der Waals surface area (Å²) in [6.07, 6.45) is 3.02. The van der Waals surface area contributed by atoms with E-state index in [1.807, 2.05) is 25.1 Å². The summed E-state index contributed by atoms with van der Waals surface area (Å²) in [7, 11) is 0. The van der Waals surface area contributed by atoms with Gasteiger partial charge in [0.1, 0.15) is 0 Å². The van der Waals surface area contributed by atoms with Gasteiger partial charge in [0.25, 0.3) is 0 Å². The van der Waals surface area contributed by atoms with Crippen LogP contribution in [0.4, 0.5) is 4.79 Å². The number of hydrogen-bond donors (Lipinski definition) is 3. The van der Waals surface area contributed by atoms with E-state index in [9.17, 15) is 9.59 Å². The van der Waals surface area contributed by atoms with Crippen LogP contribution in [0.3, 0.4) is 0 Å². The van der Waals surface area contributed by atoms with Crippen LogP contribution in [0.2, 0.25) is 0 Å². The SMILES string of the molecule is CC(NC(=O)NCCCCC(=O)O)c1ccccn1. The normalized spacial score (nSPS) is 11.6. The number of aromatic nitrogens is 1. The van der Waals surface area contributed by atoms with Gasteiger partial charge in [-0.05, 0) is 31.9 Å². The van der Waals surface area contributed by atoms with E-state index in [0.29, 0.717) is 19.4 Å². The van der Waals surface area contributed by atoms with Gasteiger partial charge < -0.3 is 15.7 Å². The molecule has 104 valence electrons. The number of rotatable bonds is 7. The van der Waals surface area contributed by atoms with E-state index in [-0.39, 0.29) is 18.5 Å². The molecule has 2 amide bonds. The molecule has 0 aliphatic heterocycles. The fraction of sp³-hybridized carbons (Fsp3) is 0.462. The third kappa shape index (κ3) is 6.40. The van der Waals surface area contributed by atoms with Crippen molar-refractivity contribution in [2.45, 2.75) is 32.2 Å². The van der Waals surface area contributed by atoms with Crippen molar-refractivity contribution in [2.75, 3.05) is 6.54 Å². The number of carbonyl (C=O) groups excluding carboxylic acids is 1. The monoisotopic (exact) mass is 265 g/mol. The Morgan fingerprint density at radius 1 is 1.37 bits per heavy atom. The minimum Gasteiger partial charge on any atom is -0.481 e. The third-order valence-corrected chi connectivity index (χ3v) is 2.58. The first-order chi connectivity index (χ1) is 9.09. The molecule has 3 N–H and O–H groups in total. The van der Waals surface area contributed by atoms with Gasteiger partial charge in [0.2, 0.25) is 0 Å². The number of hydrogen-bond acceptors (Lipinski definition) is 3. The number of carboxylic acid groups (broad SMARTS) is 1. The van der Waals surface area contributed by atoms with Crippen molar-refractivity contribution in [1.29, 1.82) is 0 Å². The van der Waals surface area contributed by atoms with Gasteiger partial charge in [0, 0.05) is 19.2 Å². The second kappa shape index (κ2) is 8.07. The Hall–Kier alpha value is -2.11. The fourth-order valence-corrected chi connectivity index (χ4v) is 1.56. The quantitative estimate of drug-likeness (QED) is 0.654. The van der Waals surface area contributed by atoms with Crippen molar-refractivity contribution in [1.82, 2.24) is 15.6 Å². The van der Waals surface area contributed by atoms with Crippen LogP contribution in [-0.4, -0.2) is 28.6 Å². The van der Waals surface area contributed by atoms with Crippen molar-refractivity contribution >= 4 is 12.0 Å². The van der Waals surface area contributed by atoms with Gasteiger partial charge in [-0.1, -0.05) is 6.07 Å². The predicted octanol–water partition coefficient (Wildman–Crippen LogP) is 1.70. The Balaban J connectivity index is 2.19. The number of carbonyl (C=O) groups is 2. The lowest BCUT2D eigenvalue weighted by atomic mass is 10.2. The maximum Gasteiger partial charge on any atom is 0.315 e. The summed E-state index contributed by atoms with van der Waals surface area (Å²) in [6.45, 7) is 2.32. The molecule has 1 aromatic rings. The molecule has 0 bridgehead atoms. The zero-order valence-corrected chi connectivity index (χ0v) is 10.9. The molecule has 6 heteroatoms. The van der Waals surface area contributed by atoms with Crippen LogP contribution in [-0.2, 0) is 4.79 Å². The van der Waals surface area contributed by atoms with Gasteiger partial charge in [-0.3, -0.25) is 9.78 Å². The molecule has 0 spiro atoms. The van der Waals surface area contributed by atoms with Crippen LogP contribution in [0.5, 0.6) is 0 Å². The van der Waals surface area contributed by atoms with Crippen LogP contribution in [0.25, 0.3) is 0 Å². The number of amides is 2. The van der Waals surface area contributed by atoms with E-state index in [2.05, 4.69) is 15.6 Å². The highest BCUT2D eigenvalue weighted by Crippen LogP contribution is 2.07. The maximum atomic E-state index is 11.6. The van der Waals surface area contributed by atoms with Gasteiger partial charge in [-0.2, -0.15) is 0 Å². The topological polar surface area (TPSA) is 91.3 Å². The van der Waals surface area contributed by atoms with Crippen LogP contribution in [0.1, 0.15) is 37.9 Å². The largest absolute Gasteiger partial charge is 0.481 e. The molecule has 1 rings (SSSR count). The minimum atomic E-state index is -0.812. The van der Waals surface area contributed by atoms with Crippen LogP contribution >= 0.6 is 0 Å². The van der Waals surface area contributed by atoms with Gasteiger partial charge >= 0.3 is 12.0 Å². The van der Waals surface area contributed by atoms with Crippen LogP contribution in [0, 0.1) is 0 Å². The number of aliphatic carboxylic acids is 1. The Morgan fingerprint density at radius 2 is 2.16 bits per heavy atom. The van der Waals surface area contributed by atoms with E-state index in [4.69, 9.17) is 5.11 Å². The smallest absolute Gasteiger partial charge is 0.315 e. The zero-order chi connectivity index (χ0) is 14.1. The summed E-state index contributed by atoms with van der Waals surface area (Å²) >= 11 is 0. The molecule has 1 heterocycles. The number of carboxylic acids is 1. The number of pyridine rings is 1. The minimum absolute atomic E-state index is 0.133. The van der Waals surface area contributed by atoms with Crippen molar-refractivity contribution in [2.24, 2.45) is 0 Å². The fourth-order valence-electron chi connectivity index (χ4n) is 1.56. The molecule has 0 aliphatic rings. The van der Waals surface area contributed by atoms with Gasteiger partial charge in [0.05, 0.1) is 11.7 Å². The molecule has 0 saturated heterocycles. The second-order valence-electron chi connectivity index (χ2n) is 4.23. The molecule has 0 aliphatic carbocycles. The average molecular weight is 265 g/mol. The standard InChI is InChI=1S/C13H19N3O3/c1-10(11-6-2-4-8-14-11)16-13(19)15-9-5-3-7-12(17)18/h2,4,6,8,10H,3,5,7,9H2,1H3,(H,17,18)(H2,15,16,19). The first-order valence-corrected chi connectivity index (χ1v) is 6.26. The van der Waals surface area contributed by atoms with E-state index in [0.717, 1.165) is 5.69 Å². The number of nitrogens with one attached hydrogen (secondary N) is 2. The third-order valence-electron chi connectivity index (χ3n) is 2.58. The molecular formula is C13H19N3O3. The average Bonchev–Trinajstić information content (AvgIpc) is 2.39. The van der Waals surface area contributed by atoms with Crippen LogP contribution in [0.15, 0.2) is 24.4 Å².